The second kappa shape index (κ2) is 5.20. The van der Waals surface area contributed by atoms with Gasteiger partial charge in [-0.1, -0.05) is 0 Å². The molecule has 122 valence electrons. The van der Waals surface area contributed by atoms with Crippen LogP contribution < -0.4 is 0 Å². The number of aryl methyl sites for hydroxylation is 1. The second-order valence-electron chi connectivity index (χ2n) is 6.08. The van der Waals surface area contributed by atoms with Gasteiger partial charge in [0, 0.05) is 35.7 Å². The Hall–Kier alpha value is -2.09. The lowest BCUT2D eigenvalue weighted by molar-refractivity contribution is -0.163. The third-order valence-electron chi connectivity index (χ3n) is 4.65. The summed E-state index contributed by atoms with van der Waals surface area (Å²) in [6.45, 7) is 1.30. The molecule has 24 heavy (non-hydrogen) atoms. The number of hydrogen-bond donors (Lipinski definition) is 1. The van der Waals surface area contributed by atoms with E-state index in [1.165, 1.54) is 4.88 Å². The van der Waals surface area contributed by atoms with Gasteiger partial charge >= 0.3 is 0 Å². The average Bonchev–Trinajstić information content (AvgIpc) is 3.20. The summed E-state index contributed by atoms with van der Waals surface area (Å²) in [5.41, 5.74) is 1.98. The standard InChI is InChI=1S/C17H15N3O3S/c21-15-13-11-1-4-17(22-7-8-23-17)9-12(11)24-16(13)20-14(19-15)10-2-5-18-6-3-10/h2-3,5-6H,1,4,7-9H2,(H,19,20,21). The first-order chi connectivity index (χ1) is 11.7. The molecule has 1 aliphatic heterocycles. The molecule has 0 atom stereocenters. The van der Waals surface area contributed by atoms with Crippen LogP contribution in [0.2, 0.25) is 0 Å². The molecule has 3 aromatic heterocycles. The van der Waals surface area contributed by atoms with Crippen LogP contribution in [0.25, 0.3) is 21.6 Å². The van der Waals surface area contributed by atoms with Crippen LogP contribution in [0.1, 0.15) is 16.9 Å². The molecule has 0 amide bonds. The lowest BCUT2D eigenvalue weighted by Gasteiger charge is -2.31. The van der Waals surface area contributed by atoms with Crippen molar-refractivity contribution in [2.75, 3.05) is 13.2 Å². The molecular weight excluding hydrogens is 326 g/mol. The van der Waals surface area contributed by atoms with Crippen molar-refractivity contribution in [3.8, 4) is 17.3 Å². The van der Waals surface area contributed by atoms with Crippen LogP contribution in [0.3, 0.4) is 0 Å². The van der Waals surface area contributed by atoms with Crippen LogP contribution >= 0.6 is 11.3 Å². The van der Waals surface area contributed by atoms with Crippen molar-refractivity contribution in [3.63, 3.8) is 0 Å². The van der Waals surface area contributed by atoms with E-state index in [0.29, 0.717) is 25.5 Å². The van der Waals surface area contributed by atoms with Crippen molar-refractivity contribution < 1.29 is 14.6 Å². The van der Waals surface area contributed by atoms with E-state index in [1.54, 1.807) is 23.7 Å². The number of thiophene rings is 1. The third-order valence-corrected chi connectivity index (χ3v) is 5.78. The van der Waals surface area contributed by atoms with Gasteiger partial charge in [0.05, 0.1) is 18.6 Å². The summed E-state index contributed by atoms with van der Waals surface area (Å²) in [7, 11) is 0. The zero-order valence-corrected chi connectivity index (χ0v) is 13.7. The largest absolute Gasteiger partial charge is 0.493 e. The van der Waals surface area contributed by atoms with E-state index >= 15 is 0 Å². The zero-order chi connectivity index (χ0) is 16.1. The molecule has 5 rings (SSSR count). The predicted molar refractivity (Wildman–Crippen MR) is 89.0 cm³/mol. The predicted octanol–water partition coefficient (Wildman–Crippen LogP) is 2.69. The van der Waals surface area contributed by atoms with E-state index in [-0.39, 0.29) is 5.88 Å². The molecule has 1 aliphatic carbocycles. The molecule has 1 N–H and O–H groups in total. The van der Waals surface area contributed by atoms with Gasteiger partial charge in [-0.2, -0.15) is 4.98 Å². The lowest BCUT2D eigenvalue weighted by atomic mass is 9.92. The number of aromatic hydroxyl groups is 1. The average molecular weight is 341 g/mol. The molecule has 3 aromatic rings. The monoisotopic (exact) mass is 341 g/mol. The molecular formula is C17H15N3O3S. The van der Waals surface area contributed by atoms with Crippen LogP contribution in [-0.4, -0.2) is 39.1 Å². The summed E-state index contributed by atoms with van der Waals surface area (Å²) in [6.07, 6.45) is 5.71. The molecule has 2 aliphatic rings. The Morgan fingerprint density at radius 1 is 1.12 bits per heavy atom. The Kier molecular flexibility index (Phi) is 3.09. The summed E-state index contributed by atoms with van der Waals surface area (Å²) >= 11 is 1.60. The fourth-order valence-corrected chi connectivity index (χ4v) is 4.82. The number of ether oxygens (including phenoxy) is 2. The van der Waals surface area contributed by atoms with E-state index in [9.17, 15) is 5.11 Å². The van der Waals surface area contributed by atoms with Gasteiger partial charge in [0.2, 0.25) is 5.88 Å². The molecule has 0 radical (unpaired) electrons. The van der Waals surface area contributed by atoms with Gasteiger partial charge in [-0.05, 0) is 24.1 Å². The van der Waals surface area contributed by atoms with Crippen LogP contribution in [0.5, 0.6) is 5.88 Å². The fraction of sp³-hybridized carbons (Fsp3) is 0.353. The SMILES string of the molecule is Oc1nc(-c2ccncc2)nc2sc3c(c12)CCC1(C3)OCCO1. The molecule has 0 aromatic carbocycles. The highest BCUT2D eigenvalue weighted by Crippen LogP contribution is 2.44. The van der Waals surface area contributed by atoms with Gasteiger partial charge in [0.15, 0.2) is 11.6 Å². The first kappa shape index (κ1) is 14.3. The molecule has 1 spiro atoms. The number of fused-ring (bicyclic) bond motifs is 3. The minimum absolute atomic E-state index is 0.0496. The highest BCUT2D eigenvalue weighted by molar-refractivity contribution is 7.18. The zero-order valence-electron chi connectivity index (χ0n) is 12.9. The lowest BCUT2D eigenvalue weighted by Crippen LogP contribution is -2.36. The molecule has 0 unspecified atom stereocenters. The van der Waals surface area contributed by atoms with Crippen LogP contribution in [0.4, 0.5) is 0 Å². The Bertz CT molecular complexity index is 920. The maximum Gasteiger partial charge on any atom is 0.223 e. The van der Waals surface area contributed by atoms with Gasteiger partial charge in [-0.25, -0.2) is 4.98 Å². The summed E-state index contributed by atoms with van der Waals surface area (Å²) in [5.74, 6) is 0.0859. The van der Waals surface area contributed by atoms with Gasteiger partial charge in [-0.15, -0.1) is 11.3 Å². The maximum atomic E-state index is 10.5. The smallest absolute Gasteiger partial charge is 0.223 e. The highest BCUT2D eigenvalue weighted by Gasteiger charge is 2.41. The highest BCUT2D eigenvalue weighted by atomic mass is 32.1. The third kappa shape index (κ3) is 2.12. The van der Waals surface area contributed by atoms with Crippen molar-refractivity contribution >= 4 is 21.6 Å². The van der Waals surface area contributed by atoms with Gasteiger partial charge in [0.1, 0.15) is 4.83 Å². The van der Waals surface area contributed by atoms with Gasteiger partial charge in [-0.3, -0.25) is 4.98 Å². The Labute approximate surface area is 142 Å². The van der Waals surface area contributed by atoms with E-state index in [4.69, 9.17) is 9.47 Å². The fourth-order valence-electron chi connectivity index (χ4n) is 3.51. The van der Waals surface area contributed by atoms with Crippen molar-refractivity contribution in [3.05, 3.63) is 35.0 Å². The number of rotatable bonds is 1. The van der Waals surface area contributed by atoms with Gasteiger partial charge in [0.25, 0.3) is 0 Å². The van der Waals surface area contributed by atoms with E-state index < -0.39 is 5.79 Å². The molecule has 6 nitrogen and oxygen atoms in total. The van der Waals surface area contributed by atoms with Crippen LogP contribution in [-0.2, 0) is 22.3 Å². The minimum Gasteiger partial charge on any atom is -0.493 e. The molecule has 1 fully saturated rings. The maximum absolute atomic E-state index is 10.5. The van der Waals surface area contributed by atoms with Crippen LogP contribution in [0, 0.1) is 0 Å². The second-order valence-corrected chi connectivity index (χ2v) is 7.16. The molecule has 1 saturated heterocycles. The normalized spacial score (nSPS) is 19.0. The first-order valence-corrected chi connectivity index (χ1v) is 8.75. The number of pyridine rings is 1. The summed E-state index contributed by atoms with van der Waals surface area (Å²) in [5, 5.41) is 11.3. The molecule has 7 heteroatoms. The van der Waals surface area contributed by atoms with Crippen molar-refractivity contribution in [2.45, 2.75) is 25.0 Å². The Morgan fingerprint density at radius 2 is 1.92 bits per heavy atom. The number of nitrogens with zero attached hydrogens (tertiary/aromatic N) is 3. The molecule has 0 bridgehead atoms. The van der Waals surface area contributed by atoms with Gasteiger partial charge < -0.3 is 14.6 Å². The first-order valence-electron chi connectivity index (χ1n) is 7.94. The van der Waals surface area contributed by atoms with Crippen molar-refractivity contribution in [1.29, 1.82) is 0 Å². The topological polar surface area (TPSA) is 77.4 Å². The van der Waals surface area contributed by atoms with Crippen LogP contribution in [0.15, 0.2) is 24.5 Å². The molecule has 0 saturated carbocycles. The van der Waals surface area contributed by atoms with Crippen molar-refractivity contribution in [2.24, 2.45) is 0 Å². The van der Waals surface area contributed by atoms with E-state index in [1.807, 2.05) is 12.1 Å². The minimum atomic E-state index is -0.481. The Balaban J connectivity index is 1.63. The summed E-state index contributed by atoms with van der Waals surface area (Å²) in [4.78, 5) is 15.0. The summed E-state index contributed by atoms with van der Waals surface area (Å²) < 4.78 is 11.7. The number of aromatic nitrogens is 3. The number of hydrogen-bond acceptors (Lipinski definition) is 7. The van der Waals surface area contributed by atoms with E-state index in [0.717, 1.165) is 34.2 Å². The molecule has 4 heterocycles. The quantitative estimate of drug-likeness (QED) is 0.733. The summed E-state index contributed by atoms with van der Waals surface area (Å²) in [6, 6.07) is 3.67. The van der Waals surface area contributed by atoms with E-state index in [2.05, 4.69) is 15.0 Å². The van der Waals surface area contributed by atoms with Crippen molar-refractivity contribution in [1.82, 2.24) is 15.0 Å². The Morgan fingerprint density at radius 3 is 2.71 bits per heavy atom.